The maximum absolute atomic E-state index is 13.1. The van der Waals surface area contributed by atoms with Gasteiger partial charge in [-0.25, -0.2) is 4.21 Å². The van der Waals surface area contributed by atoms with Gasteiger partial charge >= 0.3 is 5.97 Å². The highest BCUT2D eigenvalue weighted by molar-refractivity contribution is 7.85. The smallest absolute Gasteiger partial charge is 0.320 e. The Hall–Kier alpha value is -3.04. The molecule has 0 amide bonds. The van der Waals surface area contributed by atoms with Gasteiger partial charge in [0, 0.05) is 23.4 Å². The number of hydrogen-bond acceptors (Lipinski definition) is 5. The van der Waals surface area contributed by atoms with E-state index in [9.17, 15) is 19.1 Å². The molecule has 2 unspecified atom stereocenters. The van der Waals surface area contributed by atoms with Crippen LogP contribution in [0.2, 0.25) is 0 Å². The van der Waals surface area contributed by atoms with Crippen LogP contribution in [0.5, 0.6) is 0 Å². The molecule has 0 fully saturated rings. The highest BCUT2D eigenvalue weighted by Crippen LogP contribution is 2.31. The molecule has 1 heterocycles. The predicted octanol–water partition coefficient (Wildman–Crippen LogP) is 2.20. The molecule has 9 heteroatoms. The Bertz CT molecular complexity index is 1030. The summed E-state index contributed by atoms with van der Waals surface area (Å²) in [5, 5.41) is 21.3. The van der Waals surface area contributed by atoms with E-state index in [1.165, 1.54) is 18.2 Å². The summed E-state index contributed by atoms with van der Waals surface area (Å²) in [4.78, 5) is 24.8. The minimum atomic E-state index is -1.90. The first-order valence-corrected chi connectivity index (χ1v) is 8.78. The second-order valence-corrected chi connectivity index (χ2v) is 7.01. The number of nitrogens with two attached hydrogens (primary N) is 1. The summed E-state index contributed by atoms with van der Waals surface area (Å²) in [6.07, 6.45) is -0.0545. The number of para-hydroxylation sites is 2. The molecule has 0 bridgehead atoms. The second kappa shape index (κ2) is 7.06. The van der Waals surface area contributed by atoms with Gasteiger partial charge in [0.15, 0.2) is 0 Å². The van der Waals surface area contributed by atoms with E-state index in [0.29, 0.717) is 16.5 Å². The van der Waals surface area contributed by atoms with Crippen LogP contribution < -0.4 is 5.73 Å². The summed E-state index contributed by atoms with van der Waals surface area (Å²) >= 11 is 0. The number of aromatic amines is 1. The van der Waals surface area contributed by atoms with Crippen LogP contribution in [-0.4, -0.2) is 31.2 Å². The van der Waals surface area contributed by atoms with Crippen molar-refractivity contribution in [1.82, 2.24) is 4.98 Å². The fourth-order valence-corrected chi connectivity index (χ4v) is 4.09. The maximum Gasteiger partial charge on any atom is 0.320 e. The zero-order valence-electron chi connectivity index (χ0n) is 13.4. The Morgan fingerprint density at radius 2 is 1.88 bits per heavy atom. The number of carbonyl (C=O) groups is 1. The Morgan fingerprint density at radius 3 is 2.58 bits per heavy atom. The number of rotatable bonds is 6. The molecule has 0 spiro atoms. The van der Waals surface area contributed by atoms with Gasteiger partial charge in [-0.1, -0.05) is 30.3 Å². The average molecular weight is 373 g/mol. The van der Waals surface area contributed by atoms with Crippen LogP contribution in [0.4, 0.5) is 5.69 Å². The van der Waals surface area contributed by atoms with Gasteiger partial charge in [-0.05, 0) is 17.7 Å². The number of fused-ring (bicyclic) bond motifs is 1. The van der Waals surface area contributed by atoms with Gasteiger partial charge < -0.3 is 15.8 Å². The summed E-state index contributed by atoms with van der Waals surface area (Å²) < 4.78 is 13.1. The highest BCUT2D eigenvalue weighted by atomic mass is 32.2. The summed E-state index contributed by atoms with van der Waals surface area (Å²) in [5.74, 6) is -1.18. The van der Waals surface area contributed by atoms with E-state index < -0.39 is 27.7 Å². The first-order chi connectivity index (χ1) is 12.4. The lowest BCUT2D eigenvalue weighted by Gasteiger charge is -2.09. The molecule has 3 aromatic rings. The van der Waals surface area contributed by atoms with Crippen molar-refractivity contribution in [2.24, 2.45) is 5.73 Å². The molecule has 3 rings (SSSR count). The molecule has 1 aromatic heterocycles. The molecule has 0 saturated heterocycles. The number of aliphatic carboxylic acids is 1. The Morgan fingerprint density at radius 1 is 1.23 bits per heavy atom. The normalized spacial score (nSPS) is 13.4. The molecule has 0 aliphatic rings. The van der Waals surface area contributed by atoms with E-state index in [2.05, 4.69) is 4.98 Å². The largest absolute Gasteiger partial charge is 0.480 e. The Kier molecular flexibility index (Phi) is 4.83. The van der Waals surface area contributed by atoms with E-state index in [-0.39, 0.29) is 22.0 Å². The third kappa shape index (κ3) is 3.22. The van der Waals surface area contributed by atoms with Gasteiger partial charge in [0.05, 0.1) is 4.92 Å². The summed E-state index contributed by atoms with van der Waals surface area (Å²) in [7, 11) is -1.90. The van der Waals surface area contributed by atoms with Crippen molar-refractivity contribution in [3.63, 3.8) is 0 Å². The number of nitro groups is 1. The van der Waals surface area contributed by atoms with E-state index in [1.54, 1.807) is 30.3 Å². The molecule has 4 N–H and O–H groups in total. The third-order valence-corrected chi connectivity index (χ3v) is 5.43. The second-order valence-electron chi connectivity index (χ2n) is 5.62. The Balaban J connectivity index is 2.17. The standard InChI is InChI=1S/C17H15N3O5S/c18-12(17(21)22)9-11-10-5-1-2-6-13(10)19-16(11)26(25)15-8-4-3-7-14(15)20(23)24/h1-8,12,19H,9,18H2,(H,21,22). The minimum absolute atomic E-state index is 0.0363. The van der Waals surface area contributed by atoms with Crippen LogP contribution in [0.25, 0.3) is 10.9 Å². The van der Waals surface area contributed by atoms with E-state index in [1.807, 2.05) is 0 Å². The minimum Gasteiger partial charge on any atom is -0.480 e. The fourth-order valence-electron chi connectivity index (χ4n) is 2.72. The number of carboxylic acids is 1. The highest BCUT2D eigenvalue weighted by Gasteiger charge is 2.26. The van der Waals surface area contributed by atoms with Gasteiger partial charge in [0.25, 0.3) is 5.69 Å². The first kappa shape index (κ1) is 17.8. The lowest BCUT2D eigenvalue weighted by Crippen LogP contribution is -2.32. The summed E-state index contributed by atoms with van der Waals surface area (Å²) in [6, 6.07) is 11.6. The number of hydrogen-bond donors (Lipinski definition) is 3. The lowest BCUT2D eigenvalue weighted by atomic mass is 10.1. The number of nitrogens with zero attached hydrogens (tertiary/aromatic N) is 1. The van der Waals surface area contributed by atoms with Crippen molar-refractivity contribution in [2.75, 3.05) is 0 Å². The third-order valence-electron chi connectivity index (χ3n) is 3.96. The molecular weight excluding hydrogens is 358 g/mol. The van der Waals surface area contributed by atoms with E-state index >= 15 is 0 Å². The van der Waals surface area contributed by atoms with Crippen LogP contribution >= 0.6 is 0 Å². The van der Waals surface area contributed by atoms with Crippen LogP contribution in [0, 0.1) is 10.1 Å². The topological polar surface area (TPSA) is 139 Å². The first-order valence-electron chi connectivity index (χ1n) is 7.63. The predicted molar refractivity (Wildman–Crippen MR) is 95.4 cm³/mol. The lowest BCUT2D eigenvalue weighted by molar-refractivity contribution is -0.387. The van der Waals surface area contributed by atoms with Crippen molar-refractivity contribution in [1.29, 1.82) is 0 Å². The molecule has 2 aromatic carbocycles. The zero-order chi connectivity index (χ0) is 18.8. The van der Waals surface area contributed by atoms with Crippen LogP contribution in [0.15, 0.2) is 58.5 Å². The van der Waals surface area contributed by atoms with Crippen molar-refractivity contribution < 1.29 is 19.0 Å². The quantitative estimate of drug-likeness (QED) is 0.447. The molecule has 2 atom stereocenters. The monoisotopic (exact) mass is 373 g/mol. The number of benzene rings is 2. The molecule has 0 aliphatic heterocycles. The maximum atomic E-state index is 13.1. The van der Waals surface area contributed by atoms with Crippen molar-refractivity contribution >= 4 is 33.4 Å². The summed E-state index contributed by atoms with van der Waals surface area (Å²) in [6.45, 7) is 0. The molecule has 134 valence electrons. The molecule has 0 radical (unpaired) electrons. The van der Waals surface area contributed by atoms with Gasteiger partial charge in [-0.3, -0.25) is 14.9 Å². The molecular formula is C17H15N3O5S. The van der Waals surface area contributed by atoms with E-state index in [4.69, 9.17) is 10.8 Å². The molecule has 0 aliphatic carbocycles. The molecule has 8 nitrogen and oxygen atoms in total. The number of nitro benzene ring substituents is 1. The van der Waals surface area contributed by atoms with Gasteiger partial charge in [-0.15, -0.1) is 0 Å². The van der Waals surface area contributed by atoms with E-state index in [0.717, 1.165) is 0 Å². The SMILES string of the molecule is NC(Cc1c(S(=O)c2ccccc2[N+](=O)[O-])[nH]c2ccccc12)C(=O)O. The van der Waals surface area contributed by atoms with Crippen LogP contribution in [-0.2, 0) is 22.0 Å². The van der Waals surface area contributed by atoms with Gasteiger partial charge in [0.1, 0.15) is 26.8 Å². The van der Waals surface area contributed by atoms with Gasteiger partial charge in [-0.2, -0.15) is 0 Å². The average Bonchev–Trinajstić information content (AvgIpc) is 2.99. The number of aromatic nitrogens is 1. The van der Waals surface area contributed by atoms with Gasteiger partial charge in [0.2, 0.25) is 0 Å². The summed E-state index contributed by atoms with van der Waals surface area (Å²) in [5.41, 5.74) is 6.53. The molecule has 0 saturated carbocycles. The number of carboxylic acid groups (broad SMARTS) is 1. The van der Waals surface area contributed by atoms with Crippen LogP contribution in [0.1, 0.15) is 5.56 Å². The fraction of sp³-hybridized carbons (Fsp3) is 0.118. The van der Waals surface area contributed by atoms with Crippen molar-refractivity contribution in [2.45, 2.75) is 22.4 Å². The number of H-pyrrole nitrogens is 1. The molecule has 26 heavy (non-hydrogen) atoms. The Labute approximate surface area is 150 Å². The van der Waals surface area contributed by atoms with Crippen molar-refractivity contribution in [3.05, 3.63) is 64.2 Å². The van der Waals surface area contributed by atoms with Crippen molar-refractivity contribution in [3.8, 4) is 0 Å². The zero-order valence-corrected chi connectivity index (χ0v) is 14.2. The number of nitrogens with one attached hydrogen (secondary N) is 1. The van der Waals surface area contributed by atoms with Crippen LogP contribution in [0.3, 0.4) is 0 Å².